The summed E-state index contributed by atoms with van der Waals surface area (Å²) in [4.78, 5) is 8.04. The number of hydrogen-bond acceptors (Lipinski definition) is 4. The molecule has 0 aromatic heterocycles. The summed E-state index contributed by atoms with van der Waals surface area (Å²) in [6, 6.07) is 14.4. The van der Waals surface area contributed by atoms with Crippen LogP contribution in [0.3, 0.4) is 0 Å². The molecule has 0 radical (unpaired) electrons. The van der Waals surface area contributed by atoms with E-state index in [1.165, 1.54) is 68.1 Å². The molecule has 4 aliphatic rings. The lowest BCUT2D eigenvalue weighted by Gasteiger charge is -2.42. The lowest BCUT2D eigenvalue weighted by molar-refractivity contribution is 0.191. The highest BCUT2D eigenvalue weighted by Crippen LogP contribution is 2.50. The molecule has 6 rings (SSSR count). The average Bonchev–Trinajstić information content (AvgIpc) is 3.39. The number of ether oxygens (including phenoxy) is 1. The molecule has 0 N–H and O–H groups in total. The van der Waals surface area contributed by atoms with E-state index < -0.39 is 0 Å². The van der Waals surface area contributed by atoms with E-state index in [-0.39, 0.29) is 0 Å². The summed E-state index contributed by atoms with van der Waals surface area (Å²) in [5.74, 6) is 1.86. The number of benzene rings is 2. The molecule has 0 spiro atoms. The Morgan fingerprint density at radius 3 is 2.93 bits per heavy atom. The molecule has 30 heavy (non-hydrogen) atoms. The van der Waals surface area contributed by atoms with E-state index in [1.807, 2.05) is 0 Å². The van der Waals surface area contributed by atoms with Gasteiger partial charge in [-0.15, -0.1) is 0 Å². The van der Waals surface area contributed by atoms with Gasteiger partial charge in [0.05, 0.1) is 18.0 Å². The second-order valence-corrected chi connectivity index (χ2v) is 9.36. The number of anilines is 2. The second kappa shape index (κ2) is 7.49. The molecule has 158 valence electrons. The molecule has 0 aliphatic carbocycles. The van der Waals surface area contributed by atoms with Gasteiger partial charge in [0.2, 0.25) is 0 Å². The summed E-state index contributed by atoms with van der Waals surface area (Å²) in [7, 11) is 0. The van der Waals surface area contributed by atoms with E-state index in [4.69, 9.17) is 4.74 Å². The van der Waals surface area contributed by atoms with Gasteiger partial charge in [0.1, 0.15) is 5.75 Å². The maximum absolute atomic E-state index is 5.90. The maximum atomic E-state index is 5.90. The van der Waals surface area contributed by atoms with Crippen molar-refractivity contribution in [1.82, 2.24) is 4.90 Å². The van der Waals surface area contributed by atoms with Crippen molar-refractivity contribution >= 4 is 11.4 Å². The van der Waals surface area contributed by atoms with Crippen molar-refractivity contribution in [3.63, 3.8) is 0 Å². The minimum Gasteiger partial charge on any atom is -0.493 e. The minimum absolute atomic E-state index is 0.676. The van der Waals surface area contributed by atoms with Crippen LogP contribution >= 0.6 is 0 Å². The Labute approximate surface area is 180 Å². The summed E-state index contributed by atoms with van der Waals surface area (Å²) in [6.07, 6.45) is 4.73. The van der Waals surface area contributed by atoms with Crippen molar-refractivity contribution in [3.05, 3.63) is 53.1 Å². The van der Waals surface area contributed by atoms with E-state index in [0.29, 0.717) is 12.0 Å². The van der Waals surface area contributed by atoms with Gasteiger partial charge in [0.15, 0.2) is 0 Å². The van der Waals surface area contributed by atoms with E-state index in [9.17, 15) is 0 Å². The van der Waals surface area contributed by atoms with Gasteiger partial charge in [0, 0.05) is 51.1 Å². The van der Waals surface area contributed by atoms with Gasteiger partial charge >= 0.3 is 0 Å². The molecule has 0 amide bonds. The summed E-state index contributed by atoms with van der Waals surface area (Å²) in [5, 5.41) is 0. The molecule has 0 unspecified atom stereocenters. The highest BCUT2D eigenvalue weighted by Gasteiger charge is 2.44. The van der Waals surface area contributed by atoms with Crippen LogP contribution < -0.4 is 14.5 Å². The van der Waals surface area contributed by atoms with Gasteiger partial charge in [0.25, 0.3) is 0 Å². The molecular formula is C26H33N3O. The molecule has 1 fully saturated rings. The Kier molecular flexibility index (Phi) is 4.63. The van der Waals surface area contributed by atoms with Crippen LogP contribution in [0.25, 0.3) is 0 Å². The van der Waals surface area contributed by atoms with E-state index in [2.05, 4.69) is 58.0 Å². The highest BCUT2D eigenvalue weighted by molar-refractivity contribution is 5.81. The lowest BCUT2D eigenvalue weighted by Crippen LogP contribution is -2.49. The molecule has 2 atom stereocenters. The van der Waals surface area contributed by atoms with Crippen molar-refractivity contribution in [3.8, 4) is 5.75 Å². The zero-order valence-electron chi connectivity index (χ0n) is 18.1. The molecule has 4 heteroatoms. The van der Waals surface area contributed by atoms with Crippen LogP contribution in [-0.2, 0) is 12.8 Å². The lowest BCUT2D eigenvalue weighted by atomic mass is 9.89. The van der Waals surface area contributed by atoms with Crippen LogP contribution in [-0.4, -0.2) is 56.8 Å². The smallest absolute Gasteiger partial charge is 0.125 e. The van der Waals surface area contributed by atoms with Gasteiger partial charge in [-0.2, -0.15) is 0 Å². The Hall–Kier alpha value is -2.20. The van der Waals surface area contributed by atoms with Crippen LogP contribution in [0.15, 0.2) is 36.4 Å². The Morgan fingerprint density at radius 2 is 2.00 bits per heavy atom. The SMILES string of the molecule is CCN1CCN2c3c(cccc31)[C@@H]1CN(CCCc3cccc4c3OCC4)CC[C@@H]12. The number of hydrogen-bond donors (Lipinski definition) is 0. The van der Waals surface area contributed by atoms with Gasteiger partial charge in [-0.25, -0.2) is 0 Å². The quantitative estimate of drug-likeness (QED) is 0.749. The van der Waals surface area contributed by atoms with Gasteiger partial charge in [-0.1, -0.05) is 30.3 Å². The Morgan fingerprint density at radius 1 is 1.07 bits per heavy atom. The Balaban J connectivity index is 1.14. The standard InChI is InChI=1S/C26H33N3O/c1-2-28-15-16-29-23-11-14-27(18-22(23)21-9-4-10-24(28)25(21)29)13-5-8-19-6-3-7-20-12-17-30-26(19)20/h3-4,6-7,9-10,22-23H,2,5,8,11-18H2,1H3/t22-,23-/m0/s1. The van der Waals surface area contributed by atoms with Crippen LogP contribution in [0.4, 0.5) is 11.4 Å². The summed E-state index contributed by atoms with van der Waals surface area (Å²) in [5.41, 5.74) is 7.44. The van der Waals surface area contributed by atoms with Crippen molar-refractivity contribution in [2.24, 2.45) is 0 Å². The predicted octanol–water partition coefficient (Wildman–Crippen LogP) is 4.07. The third-order valence-corrected chi connectivity index (χ3v) is 7.84. The number of likely N-dealkylation sites (tertiary alicyclic amines) is 1. The topological polar surface area (TPSA) is 19.0 Å². The molecule has 0 bridgehead atoms. The first-order valence-corrected chi connectivity index (χ1v) is 11.9. The average molecular weight is 404 g/mol. The van der Waals surface area contributed by atoms with E-state index >= 15 is 0 Å². The number of piperidine rings is 1. The monoisotopic (exact) mass is 403 g/mol. The number of nitrogens with zero attached hydrogens (tertiary/aromatic N) is 3. The molecule has 1 saturated heterocycles. The summed E-state index contributed by atoms with van der Waals surface area (Å²) >= 11 is 0. The van der Waals surface area contributed by atoms with Crippen LogP contribution in [0.1, 0.15) is 42.4 Å². The van der Waals surface area contributed by atoms with Crippen LogP contribution in [0.2, 0.25) is 0 Å². The fraction of sp³-hybridized carbons (Fsp3) is 0.538. The maximum Gasteiger partial charge on any atom is 0.125 e. The molecule has 4 aliphatic heterocycles. The third kappa shape index (κ3) is 2.91. The van der Waals surface area contributed by atoms with Gasteiger partial charge < -0.3 is 19.4 Å². The third-order valence-electron chi connectivity index (χ3n) is 7.84. The fourth-order valence-corrected chi connectivity index (χ4v) is 6.40. The zero-order chi connectivity index (χ0) is 20.1. The second-order valence-electron chi connectivity index (χ2n) is 9.36. The van der Waals surface area contributed by atoms with Crippen molar-refractivity contribution in [2.75, 3.05) is 55.7 Å². The van der Waals surface area contributed by atoms with Crippen molar-refractivity contribution in [2.45, 2.75) is 44.6 Å². The first kappa shape index (κ1) is 18.6. The fourth-order valence-electron chi connectivity index (χ4n) is 6.40. The number of likely N-dealkylation sites (N-methyl/N-ethyl adjacent to an activating group) is 1. The van der Waals surface area contributed by atoms with Gasteiger partial charge in [-0.05, 0) is 55.5 Å². The largest absolute Gasteiger partial charge is 0.493 e. The number of aryl methyl sites for hydroxylation is 1. The normalized spacial score (nSPS) is 24.4. The van der Waals surface area contributed by atoms with E-state index in [1.54, 1.807) is 11.3 Å². The number of fused-ring (bicyclic) bond motifs is 4. The van der Waals surface area contributed by atoms with Crippen molar-refractivity contribution in [1.29, 1.82) is 0 Å². The molecule has 4 heterocycles. The Bertz CT molecular complexity index is 942. The van der Waals surface area contributed by atoms with Gasteiger partial charge in [-0.3, -0.25) is 0 Å². The minimum atomic E-state index is 0.676. The predicted molar refractivity (Wildman–Crippen MR) is 123 cm³/mol. The molecule has 4 nitrogen and oxygen atoms in total. The van der Waals surface area contributed by atoms with Crippen molar-refractivity contribution < 1.29 is 4.74 Å². The summed E-state index contributed by atoms with van der Waals surface area (Å²) in [6.45, 7) is 10.3. The zero-order valence-corrected chi connectivity index (χ0v) is 18.1. The molecule has 2 aromatic carbocycles. The molecule has 0 saturated carbocycles. The molecular weight excluding hydrogens is 370 g/mol. The highest BCUT2D eigenvalue weighted by atomic mass is 16.5. The van der Waals surface area contributed by atoms with Crippen LogP contribution in [0, 0.1) is 0 Å². The summed E-state index contributed by atoms with van der Waals surface area (Å²) < 4.78 is 5.90. The number of para-hydroxylation sites is 2. The van der Waals surface area contributed by atoms with Crippen LogP contribution in [0.5, 0.6) is 5.75 Å². The first-order valence-electron chi connectivity index (χ1n) is 11.9. The number of rotatable bonds is 5. The van der Waals surface area contributed by atoms with E-state index in [0.717, 1.165) is 26.0 Å². The molecule has 2 aromatic rings. The first-order chi connectivity index (χ1) is 14.8.